The molecule has 4 nitrogen and oxygen atoms in total. The van der Waals surface area contributed by atoms with Gasteiger partial charge >= 0.3 is 0 Å². The van der Waals surface area contributed by atoms with Crippen LogP contribution >= 0.6 is 23.1 Å². The Morgan fingerprint density at radius 2 is 2.07 bits per heavy atom. The highest BCUT2D eigenvalue weighted by molar-refractivity contribution is 8.00. The minimum atomic E-state index is -0.0187. The Morgan fingerprint density at radius 3 is 2.97 bits per heavy atom. The van der Waals surface area contributed by atoms with Gasteiger partial charge in [-0.25, -0.2) is 9.97 Å². The number of aryl methyl sites for hydroxylation is 1. The van der Waals surface area contributed by atoms with Crippen molar-refractivity contribution in [2.75, 3.05) is 11.1 Å². The number of fused-ring (bicyclic) bond motifs is 4. The molecule has 0 unspecified atom stereocenters. The number of benzene rings is 2. The topological polar surface area (TPSA) is 54.9 Å². The number of rotatable bonds is 4. The molecule has 0 bridgehead atoms. The van der Waals surface area contributed by atoms with Crippen LogP contribution in [-0.2, 0) is 17.6 Å². The summed E-state index contributed by atoms with van der Waals surface area (Å²) in [5.74, 6) is 1.04. The quantitative estimate of drug-likeness (QED) is 0.340. The van der Waals surface area contributed by atoms with Crippen LogP contribution in [0.25, 0.3) is 21.0 Å². The van der Waals surface area contributed by atoms with Gasteiger partial charge < -0.3 is 5.32 Å². The predicted octanol–water partition coefficient (Wildman–Crippen LogP) is 5.70. The molecule has 0 fully saturated rings. The average Bonchev–Trinajstić information content (AvgIpc) is 3.10. The number of hydrogen-bond donors (Lipinski definition) is 1. The minimum Gasteiger partial charge on any atom is -0.325 e. The lowest BCUT2D eigenvalue weighted by molar-refractivity contribution is -0.113. The van der Waals surface area contributed by atoms with Crippen molar-refractivity contribution in [3.8, 4) is 0 Å². The van der Waals surface area contributed by atoms with E-state index < -0.39 is 0 Å². The number of amides is 1. The second-order valence-corrected chi connectivity index (χ2v) is 9.66. The lowest BCUT2D eigenvalue weighted by Crippen LogP contribution is -2.14. The van der Waals surface area contributed by atoms with Gasteiger partial charge in [0, 0.05) is 16.0 Å². The van der Waals surface area contributed by atoms with Crippen molar-refractivity contribution in [1.29, 1.82) is 0 Å². The smallest absolute Gasteiger partial charge is 0.234 e. The summed E-state index contributed by atoms with van der Waals surface area (Å²) in [5.41, 5.74) is 2.23. The number of nitrogens with one attached hydrogen (secondary N) is 1. The summed E-state index contributed by atoms with van der Waals surface area (Å²) in [6, 6.07) is 14.1. The highest BCUT2D eigenvalue weighted by atomic mass is 32.2. The van der Waals surface area contributed by atoms with Crippen molar-refractivity contribution in [2.24, 2.45) is 5.92 Å². The zero-order valence-corrected chi connectivity index (χ0v) is 17.8. The highest BCUT2D eigenvalue weighted by Gasteiger charge is 2.23. The van der Waals surface area contributed by atoms with Crippen LogP contribution in [0.5, 0.6) is 0 Å². The van der Waals surface area contributed by atoms with E-state index in [0.29, 0.717) is 5.75 Å². The maximum Gasteiger partial charge on any atom is 0.234 e. The standard InChI is InChI=1S/C23H21N3OS2/c1-14-6-9-18-19(10-14)29-23-21(18)22(24-13-25-23)28-12-20(27)26-17-8-7-15-4-2-3-5-16(15)11-17/h2-5,7-8,11,13-14H,6,9-10,12H2,1H3,(H,26,27)/t14-/m1/s1. The van der Waals surface area contributed by atoms with Gasteiger partial charge in [0.25, 0.3) is 0 Å². The maximum atomic E-state index is 12.6. The summed E-state index contributed by atoms with van der Waals surface area (Å²) in [6.45, 7) is 2.31. The van der Waals surface area contributed by atoms with E-state index >= 15 is 0 Å². The van der Waals surface area contributed by atoms with Gasteiger partial charge in [0.2, 0.25) is 5.91 Å². The van der Waals surface area contributed by atoms with E-state index in [4.69, 9.17) is 0 Å². The van der Waals surface area contributed by atoms with Gasteiger partial charge in [0.15, 0.2) is 0 Å². The van der Waals surface area contributed by atoms with Crippen LogP contribution in [0.2, 0.25) is 0 Å². The first-order valence-corrected chi connectivity index (χ1v) is 11.6. The monoisotopic (exact) mass is 419 g/mol. The summed E-state index contributed by atoms with van der Waals surface area (Å²) in [7, 11) is 0. The van der Waals surface area contributed by atoms with E-state index in [1.54, 1.807) is 17.7 Å². The molecular formula is C23H21N3OS2. The van der Waals surface area contributed by atoms with Gasteiger partial charge in [-0.2, -0.15) is 0 Å². The molecule has 1 atom stereocenters. The van der Waals surface area contributed by atoms with Crippen molar-refractivity contribution in [3.05, 3.63) is 59.2 Å². The molecule has 4 aromatic rings. The van der Waals surface area contributed by atoms with Gasteiger partial charge in [0.05, 0.1) is 5.75 Å². The number of hydrogen-bond acceptors (Lipinski definition) is 5. The molecule has 146 valence electrons. The van der Waals surface area contributed by atoms with Gasteiger partial charge in [-0.15, -0.1) is 11.3 Å². The number of carbonyl (C=O) groups is 1. The number of thioether (sulfide) groups is 1. The third kappa shape index (κ3) is 3.74. The molecule has 1 N–H and O–H groups in total. The van der Waals surface area contributed by atoms with Gasteiger partial charge in [0.1, 0.15) is 16.2 Å². The van der Waals surface area contributed by atoms with Crippen LogP contribution in [0.4, 0.5) is 5.69 Å². The molecule has 0 saturated heterocycles. The lowest BCUT2D eigenvalue weighted by atomic mass is 9.89. The summed E-state index contributed by atoms with van der Waals surface area (Å²) in [4.78, 5) is 24.0. The zero-order chi connectivity index (χ0) is 19.8. The largest absolute Gasteiger partial charge is 0.325 e. The van der Waals surface area contributed by atoms with Crippen molar-refractivity contribution < 1.29 is 4.79 Å². The summed E-state index contributed by atoms with van der Waals surface area (Å²) in [6.07, 6.45) is 5.04. The Kier molecular flexibility index (Phi) is 4.97. The molecule has 1 amide bonds. The fourth-order valence-corrected chi connectivity index (χ4v) is 6.19. The zero-order valence-electron chi connectivity index (χ0n) is 16.1. The third-order valence-electron chi connectivity index (χ3n) is 5.43. The second-order valence-electron chi connectivity index (χ2n) is 7.61. The van der Waals surface area contributed by atoms with Gasteiger partial charge in [-0.1, -0.05) is 49.0 Å². The van der Waals surface area contributed by atoms with Crippen LogP contribution in [0, 0.1) is 5.92 Å². The van der Waals surface area contributed by atoms with E-state index in [-0.39, 0.29) is 5.91 Å². The summed E-state index contributed by atoms with van der Waals surface area (Å²) >= 11 is 3.29. The van der Waals surface area contributed by atoms with E-state index in [2.05, 4.69) is 34.3 Å². The Morgan fingerprint density at radius 1 is 1.21 bits per heavy atom. The molecule has 2 heterocycles. The number of aromatic nitrogens is 2. The number of anilines is 1. The van der Waals surface area contributed by atoms with Crippen LogP contribution < -0.4 is 5.32 Å². The first-order chi connectivity index (χ1) is 14.2. The molecule has 0 spiro atoms. The minimum absolute atomic E-state index is 0.0187. The SMILES string of the molecule is C[C@@H]1CCc2c(sc3ncnc(SCC(=O)Nc4ccc5ccccc5c4)c23)C1. The van der Waals surface area contributed by atoms with E-state index in [0.717, 1.165) is 39.7 Å². The van der Waals surface area contributed by atoms with E-state index in [1.165, 1.54) is 39.4 Å². The summed E-state index contributed by atoms with van der Waals surface area (Å²) in [5, 5.41) is 7.40. The lowest BCUT2D eigenvalue weighted by Gasteiger charge is -2.18. The average molecular weight is 420 g/mol. The first-order valence-electron chi connectivity index (χ1n) is 9.84. The van der Waals surface area contributed by atoms with E-state index in [1.807, 2.05) is 30.3 Å². The number of thiophene rings is 1. The number of carbonyl (C=O) groups excluding carboxylic acids is 1. The Hall–Kier alpha value is -2.44. The summed E-state index contributed by atoms with van der Waals surface area (Å²) < 4.78 is 0. The van der Waals surface area contributed by atoms with Gasteiger partial charge in [-0.05, 0) is 53.6 Å². The van der Waals surface area contributed by atoms with Crippen molar-refractivity contribution >= 4 is 55.7 Å². The molecular weight excluding hydrogens is 398 g/mol. The van der Waals surface area contributed by atoms with Crippen molar-refractivity contribution in [2.45, 2.75) is 31.2 Å². The molecule has 5 rings (SSSR count). The normalized spacial score (nSPS) is 16.1. The first kappa shape index (κ1) is 18.6. The van der Waals surface area contributed by atoms with Crippen LogP contribution in [0.15, 0.2) is 53.8 Å². The van der Waals surface area contributed by atoms with Crippen LogP contribution in [0.1, 0.15) is 23.8 Å². The molecule has 2 aromatic carbocycles. The van der Waals surface area contributed by atoms with Gasteiger partial charge in [-0.3, -0.25) is 4.79 Å². The van der Waals surface area contributed by atoms with Crippen LogP contribution in [-0.4, -0.2) is 21.6 Å². The fraction of sp³-hybridized carbons (Fsp3) is 0.261. The molecule has 0 saturated carbocycles. The Labute approximate surface area is 177 Å². The predicted molar refractivity (Wildman–Crippen MR) is 122 cm³/mol. The second kappa shape index (κ2) is 7.76. The molecule has 6 heteroatoms. The fourth-order valence-electron chi connectivity index (χ4n) is 3.95. The van der Waals surface area contributed by atoms with Crippen molar-refractivity contribution in [3.63, 3.8) is 0 Å². The molecule has 0 radical (unpaired) electrons. The molecule has 29 heavy (non-hydrogen) atoms. The Bertz CT molecular complexity index is 1220. The molecule has 2 aromatic heterocycles. The maximum absolute atomic E-state index is 12.6. The number of nitrogens with zero attached hydrogens (tertiary/aromatic N) is 2. The van der Waals surface area contributed by atoms with Crippen LogP contribution in [0.3, 0.4) is 0 Å². The molecule has 1 aliphatic rings. The Balaban J connectivity index is 1.33. The third-order valence-corrected chi connectivity index (χ3v) is 7.58. The van der Waals surface area contributed by atoms with E-state index in [9.17, 15) is 4.79 Å². The molecule has 0 aliphatic heterocycles. The molecule has 1 aliphatic carbocycles. The van der Waals surface area contributed by atoms with Crippen molar-refractivity contribution in [1.82, 2.24) is 9.97 Å². The highest BCUT2D eigenvalue weighted by Crippen LogP contribution is 2.40.